The van der Waals surface area contributed by atoms with Crippen molar-refractivity contribution < 1.29 is 36.2 Å². The first-order chi connectivity index (χ1) is 8.58. The Balaban J connectivity index is 3.39. The monoisotopic (exact) mass is 290 g/mol. The third kappa shape index (κ3) is 3.96. The number of alkyl halides is 6. The lowest BCUT2D eigenvalue weighted by Gasteiger charge is -2.16. The van der Waals surface area contributed by atoms with Crippen LogP contribution in [0.4, 0.5) is 26.3 Å². The zero-order chi connectivity index (χ0) is 14.8. The van der Waals surface area contributed by atoms with Crippen LogP contribution in [0.25, 0.3) is 0 Å². The second-order valence-corrected chi connectivity index (χ2v) is 3.35. The fourth-order valence-corrected chi connectivity index (χ4v) is 1.36. The van der Waals surface area contributed by atoms with E-state index in [0.717, 1.165) is 0 Å². The van der Waals surface area contributed by atoms with Crippen LogP contribution in [0.1, 0.15) is 16.8 Å². The first-order valence-electron chi connectivity index (χ1n) is 4.75. The lowest BCUT2D eigenvalue weighted by Crippen LogP contribution is -2.21. The molecule has 19 heavy (non-hydrogen) atoms. The van der Waals surface area contributed by atoms with Crippen LogP contribution >= 0.6 is 0 Å². The highest BCUT2D eigenvalue weighted by Gasteiger charge is 2.38. The van der Waals surface area contributed by atoms with Crippen molar-refractivity contribution in [2.45, 2.75) is 25.7 Å². The molecule has 0 aliphatic carbocycles. The quantitative estimate of drug-likeness (QED) is 0.835. The molecule has 0 unspecified atom stereocenters. The minimum Gasteiger partial charge on any atom is -0.392 e. The van der Waals surface area contributed by atoms with Gasteiger partial charge in [-0.2, -0.15) is 13.2 Å². The maximum atomic E-state index is 12.6. The van der Waals surface area contributed by atoms with E-state index in [0.29, 0.717) is 6.07 Å². The number of nitrogens with two attached hydrogens (primary N) is 1. The summed E-state index contributed by atoms with van der Waals surface area (Å²) in [6.07, 6.45) is -10.2. The van der Waals surface area contributed by atoms with Gasteiger partial charge in [-0.15, -0.1) is 13.2 Å². The summed E-state index contributed by atoms with van der Waals surface area (Å²) in [5.41, 5.74) is 2.47. The summed E-state index contributed by atoms with van der Waals surface area (Å²) in [6, 6.07) is 0.605. The van der Waals surface area contributed by atoms with E-state index < -0.39 is 42.8 Å². The van der Waals surface area contributed by atoms with E-state index in [1.54, 1.807) is 0 Å². The number of rotatable bonds is 3. The third-order valence-corrected chi connectivity index (χ3v) is 2.06. The summed E-state index contributed by atoms with van der Waals surface area (Å²) in [5.74, 6) is -1.28. The van der Waals surface area contributed by atoms with Gasteiger partial charge in [-0.05, 0) is 5.56 Å². The highest BCUT2D eigenvalue weighted by atomic mass is 19.4. The number of halogens is 6. The van der Waals surface area contributed by atoms with Crippen molar-refractivity contribution in [3.05, 3.63) is 22.9 Å². The van der Waals surface area contributed by atoms with Crippen molar-refractivity contribution in [1.82, 2.24) is 4.98 Å². The smallest absolute Gasteiger partial charge is 0.392 e. The number of ether oxygens (including phenoxy) is 1. The molecular weight excluding hydrogens is 282 g/mol. The minimum atomic E-state index is -5.18. The van der Waals surface area contributed by atoms with E-state index in [1.165, 1.54) is 0 Å². The number of hydrogen-bond acceptors (Lipinski definition) is 4. The average Bonchev–Trinajstić information content (AvgIpc) is 2.24. The molecule has 0 spiro atoms. The van der Waals surface area contributed by atoms with Gasteiger partial charge < -0.3 is 15.6 Å². The molecule has 0 saturated heterocycles. The molecule has 0 fully saturated rings. The molecule has 1 aromatic rings. The Morgan fingerprint density at radius 1 is 1.21 bits per heavy atom. The molecule has 108 valence electrons. The van der Waals surface area contributed by atoms with Gasteiger partial charge in [0.05, 0.1) is 6.61 Å². The van der Waals surface area contributed by atoms with Gasteiger partial charge in [0.2, 0.25) is 5.88 Å². The Morgan fingerprint density at radius 3 is 2.16 bits per heavy atom. The molecule has 0 aliphatic rings. The van der Waals surface area contributed by atoms with Gasteiger partial charge >= 0.3 is 12.5 Å². The van der Waals surface area contributed by atoms with Gasteiger partial charge in [-0.1, -0.05) is 0 Å². The molecule has 0 atom stereocenters. The molecule has 0 saturated carbocycles. The predicted octanol–water partition coefficient (Wildman–Crippen LogP) is 1.95. The highest BCUT2D eigenvalue weighted by molar-refractivity contribution is 5.36. The van der Waals surface area contributed by atoms with Crippen LogP contribution in [0.15, 0.2) is 6.07 Å². The van der Waals surface area contributed by atoms with Crippen LogP contribution in [0.5, 0.6) is 5.88 Å². The van der Waals surface area contributed by atoms with Crippen LogP contribution in [0, 0.1) is 0 Å². The zero-order valence-electron chi connectivity index (χ0n) is 9.14. The predicted molar refractivity (Wildman–Crippen MR) is 49.7 cm³/mol. The maximum Gasteiger partial charge on any atom is 0.574 e. The van der Waals surface area contributed by atoms with Gasteiger partial charge in [-0.25, -0.2) is 4.98 Å². The molecule has 0 bridgehead atoms. The third-order valence-electron chi connectivity index (χ3n) is 2.06. The maximum absolute atomic E-state index is 12.6. The summed E-state index contributed by atoms with van der Waals surface area (Å²) in [7, 11) is 0. The van der Waals surface area contributed by atoms with E-state index in [4.69, 9.17) is 10.8 Å². The lowest BCUT2D eigenvalue weighted by molar-refractivity contribution is -0.276. The fourth-order valence-electron chi connectivity index (χ4n) is 1.36. The molecule has 1 rings (SSSR count). The largest absolute Gasteiger partial charge is 0.574 e. The molecule has 3 N–H and O–H groups in total. The minimum absolute atomic E-state index is 0.330. The summed E-state index contributed by atoms with van der Waals surface area (Å²) in [5, 5.41) is 8.86. The Kier molecular flexibility index (Phi) is 4.25. The van der Waals surface area contributed by atoms with Crippen LogP contribution in [0.3, 0.4) is 0 Å². The van der Waals surface area contributed by atoms with Crippen LogP contribution in [0.2, 0.25) is 0 Å². The molecule has 1 heterocycles. The second-order valence-electron chi connectivity index (χ2n) is 3.35. The Morgan fingerprint density at radius 2 is 1.79 bits per heavy atom. The lowest BCUT2D eigenvalue weighted by atomic mass is 10.1. The number of aliphatic hydroxyl groups is 1. The molecule has 0 radical (unpaired) electrons. The molecule has 0 aliphatic heterocycles. The summed E-state index contributed by atoms with van der Waals surface area (Å²) < 4.78 is 77.1. The molecule has 1 aromatic heterocycles. The fraction of sp³-hybridized carbons (Fsp3) is 0.444. The van der Waals surface area contributed by atoms with Crippen molar-refractivity contribution in [3.63, 3.8) is 0 Å². The van der Waals surface area contributed by atoms with Crippen molar-refractivity contribution in [2.24, 2.45) is 5.73 Å². The normalized spacial score (nSPS) is 12.6. The van der Waals surface area contributed by atoms with Gasteiger partial charge in [0.15, 0.2) is 5.69 Å². The second kappa shape index (κ2) is 5.21. The molecule has 10 heteroatoms. The highest BCUT2D eigenvalue weighted by Crippen LogP contribution is 2.34. The van der Waals surface area contributed by atoms with Crippen molar-refractivity contribution >= 4 is 0 Å². The van der Waals surface area contributed by atoms with Crippen LogP contribution in [-0.2, 0) is 19.3 Å². The van der Waals surface area contributed by atoms with Gasteiger partial charge in [0, 0.05) is 18.2 Å². The number of aliphatic hydroxyl groups excluding tert-OH is 1. The Bertz CT molecular complexity index is 457. The molecular formula is C9H8F6N2O2. The Labute approximate surface area is 102 Å². The topological polar surface area (TPSA) is 68.4 Å². The summed E-state index contributed by atoms with van der Waals surface area (Å²) >= 11 is 0. The average molecular weight is 290 g/mol. The van der Waals surface area contributed by atoms with E-state index >= 15 is 0 Å². The summed E-state index contributed by atoms with van der Waals surface area (Å²) in [6.45, 7) is -1.56. The zero-order valence-corrected chi connectivity index (χ0v) is 9.14. The van der Waals surface area contributed by atoms with Gasteiger partial charge in [0.25, 0.3) is 0 Å². The van der Waals surface area contributed by atoms with Gasteiger partial charge in [-0.3, -0.25) is 0 Å². The number of pyridine rings is 1. The molecule has 0 aromatic carbocycles. The van der Waals surface area contributed by atoms with E-state index in [-0.39, 0.29) is 5.56 Å². The van der Waals surface area contributed by atoms with E-state index in [2.05, 4.69) is 9.72 Å². The van der Waals surface area contributed by atoms with Crippen LogP contribution in [-0.4, -0.2) is 16.5 Å². The Hall–Kier alpha value is -1.55. The number of hydrogen-bond donors (Lipinski definition) is 2. The van der Waals surface area contributed by atoms with Crippen LogP contribution < -0.4 is 10.5 Å². The first kappa shape index (κ1) is 15.5. The summed E-state index contributed by atoms with van der Waals surface area (Å²) in [4.78, 5) is 2.73. The van der Waals surface area contributed by atoms with Crippen molar-refractivity contribution in [3.8, 4) is 5.88 Å². The van der Waals surface area contributed by atoms with E-state index in [1.807, 2.05) is 0 Å². The number of nitrogens with zero attached hydrogens (tertiary/aromatic N) is 1. The number of aromatic nitrogens is 1. The molecule has 0 amide bonds. The first-order valence-corrected chi connectivity index (χ1v) is 4.75. The van der Waals surface area contributed by atoms with E-state index in [9.17, 15) is 26.3 Å². The van der Waals surface area contributed by atoms with Crippen molar-refractivity contribution in [2.75, 3.05) is 0 Å². The molecule has 4 nitrogen and oxygen atoms in total. The SMILES string of the molecule is NCc1cc(OC(F)(F)F)nc(C(F)(F)F)c1CO. The van der Waals surface area contributed by atoms with Gasteiger partial charge in [0.1, 0.15) is 0 Å². The van der Waals surface area contributed by atoms with Crippen molar-refractivity contribution in [1.29, 1.82) is 0 Å². The standard InChI is InChI=1S/C9H8F6N2O2/c10-8(11,12)7-5(3-18)4(2-16)1-6(17-7)19-9(13,14)15/h1,18H,2-3,16H2.